The highest BCUT2D eigenvalue weighted by Gasteiger charge is 2.31. The first kappa shape index (κ1) is 11.7. The molecule has 1 unspecified atom stereocenters. The van der Waals surface area contributed by atoms with Gasteiger partial charge in [-0.15, -0.1) is 0 Å². The zero-order valence-electron chi connectivity index (χ0n) is 10.5. The summed E-state index contributed by atoms with van der Waals surface area (Å²) in [4.78, 5) is 12.0. The summed E-state index contributed by atoms with van der Waals surface area (Å²) < 4.78 is 13.1. The topological polar surface area (TPSA) is 69.8 Å². The SMILES string of the molecule is Cc1n[nH]c(C)c1NC1C(=O)Nc2cc(F)ccc21. The second-order valence-electron chi connectivity index (χ2n) is 4.61. The summed E-state index contributed by atoms with van der Waals surface area (Å²) in [7, 11) is 0. The van der Waals surface area contributed by atoms with Crippen molar-refractivity contribution in [2.45, 2.75) is 19.9 Å². The number of aromatic nitrogens is 2. The second kappa shape index (κ2) is 4.08. The average Bonchev–Trinajstić information content (AvgIpc) is 2.83. The van der Waals surface area contributed by atoms with Gasteiger partial charge in [-0.05, 0) is 26.0 Å². The minimum Gasteiger partial charge on any atom is -0.367 e. The molecule has 1 aromatic carbocycles. The van der Waals surface area contributed by atoms with Crippen LogP contribution in [-0.4, -0.2) is 16.1 Å². The monoisotopic (exact) mass is 260 g/mol. The molecule has 0 bridgehead atoms. The number of amides is 1. The van der Waals surface area contributed by atoms with Gasteiger partial charge in [-0.2, -0.15) is 5.10 Å². The van der Waals surface area contributed by atoms with E-state index in [1.807, 2.05) is 13.8 Å². The Morgan fingerprint density at radius 3 is 2.84 bits per heavy atom. The molecule has 5 nitrogen and oxygen atoms in total. The van der Waals surface area contributed by atoms with Crippen molar-refractivity contribution in [2.24, 2.45) is 0 Å². The molecular formula is C13H13FN4O. The van der Waals surface area contributed by atoms with Crippen molar-refractivity contribution in [1.29, 1.82) is 0 Å². The second-order valence-corrected chi connectivity index (χ2v) is 4.61. The molecule has 1 aliphatic rings. The molecule has 3 rings (SSSR count). The molecule has 2 heterocycles. The number of benzene rings is 1. The van der Waals surface area contributed by atoms with Crippen LogP contribution in [0.15, 0.2) is 18.2 Å². The number of hydrogen-bond donors (Lipinski definition) is 3. The Kier molecular flexibility index (Phi) is 2.51. The molecule has 3 N–H and O–H groups in total. The summed E-state index contributed by atoms with van der Waals surface area (Å²) in [5.74, 6) is -0.559. The van der Waals surface area contributed by atoms with Gasteiger partial charge in [-0.25, -0.2) is 4.39 Å². The maximum absolute atomic E-state index is 13.1. The lowest BCUT2D eigenvalue weighted by Gasteiger charge is -2.13. The van der Waals surface area contributed by atoms with E-state index in [0.29, 0.717) is 5.69 Å². The van der Waals surface area contributed by atoms with E-state index in [1.165, 1.54) is 12.1 Å². The number of H-pyrrole nitrogens is 1. The maximum atomic E-state index is 13.1. The summed E-state index contributed by atoms with van der Waals surface area (Å²) in [6.07, 6.45) is 0. The third kappa shape index (κ3) is 1.85. The normalized spacial score (nSPS) is 17.2. The molecule has 19 heavy (non-hydrogen) atoms. The van der Waals surface area contributed by atoms with Crippen LogP contribution < -0.4 is 10.6 Å². The number of rotatable bonds is 2. The largest absolute Gasteiger partial charge is 0.367 e. The summed E-state index contributed by atoms with van der Waals surface area (Å²) in [6.45, 7) is 3.73. The smallest absolute Gasteiger partial charge is 0.251 e. The van der Waals surface area contributed by atoms with E-state index in [2.05, 4.69) is 20.8 Å². The molecule has 1 atom stereocenters. The van der Waals surface area contributed by atoms with E-state index in [9.17, 15) is 9.18 Å². The van der Waals surface area contributed by atoms with E-state index in [-0.39, 0.29) is 11.7 Å². The molecule has 0 spiro atoms. The van der Waals surface area contributed by atoms with Crippen LogP contribution in [0.3, 0.4) is 0 Å². The Morgan fingerprint density at radius 1 is 1.37 bits per heavy atom. The fourth-order valence-corrected chi connectivity index (χ4v) is 2.29. The van der Waals surface area contributed by atoms with E-state index < -0.39 is 6.04 Å². The van der Waals surface area contributed by atoms with Gasteiger partial charge in [0.05, 0.1) is 17.1 Å². The molecule has 0 radical (unpaired) electrons. The quantitative estimate of drug-likeness (QED) is 0.775. The molecule has 0 saturated heterocycles. The standard InChI is InChI=1S/C13H13FN4O/c1-6-11(7(2)18-17-6)16-12-9-4-3-8(14)5-10(9)15-13(12)19/h3-5,12,16H,1-2H3,(H,15,19)(H,17,18). The van der Waals surface area contributed by atoms with Gasteiger partial charge in [0.25, 0.3) is 5.91 Å². The summed E-state index contributed by atoms with van der Waals surface area (Å²) >= 11 is 0. The minimum absolute atomic E-state index is 0.194. The number of nitrogens with zero attached hydrogens (tertiary/aromatic N) is 1. The van der Waals surface area contributed by atoms with Crippen molar-refractivity contribution in [3.8, 4) is 0 Å². The van der Waals surface area contributed by atoms with Crippen LogP contribution in [0.25, 0.3) is 0 Å². The fourth-order valence-electron chi connectivity index (χ4n) is 2.29. The van der Waals surface area contributed by atoms with Gasteiger partial charge in [0.2, 0.25) is 0 Å². The van der Waals surface area contributed by atoms with Crippen LogP contribution in [0, 0.1) is 19.7 Å². The first-order valence-corrected chi connectivity index (χ1v) is 5.94. The highest BCUT2D eigenvalue weighted by Crippen LogP contribution is 2.34. The van der Waals surface area contributed by atoms with Crippen molar-refractivity contribution in [2.75, 3.05) is 10.6 Å². The molecule has 0 fully saturated rings. The van der Waals surface area contributed by atoms with Gasteiger partial charge in [-0.1, -0.05) is 6.07 Å². The van der Waals surface area contributed by atoms with Crippen LogP contribution in [0.5, 0.6) is 0 Å². The van der Waals surface area contributed by atoms with Gasteiger partial charge in [-0.3, -0.25) is 9.89 Å². The predicted octanol–water partition coefficient (Wildman–Crippen LogP) is 2.27. The van der Waals surface area contributed by atoms with E-state index >= 15 is 0 Å². The highest BCUT2D eigenvalue weighted by atomic mass is 19.1. The Bertz CT molecular complexity index is 645. The number of fused-ring (bicyclic) bond motifs is 1. The van der Waals surface area contributed by atoms with Crippen molar-refractivity contribution in [1.82, 2.24) is 10.2 Å². The average molecular weight is 260 g/mol. The molecule has 2 aromatic rings. The van der Waals surface area contributed by atoms with E-state index in [0.717, 1.165) is 22.6 Å². The lowest BCUT2D eigenvalue weighted by molar-refractivity contribution is -0.116. The number of carbonyl (C=O) groups is 1. The number of carbonyl (C=O) groups excluding carboxylic acids is 1. The zero-order valence-corrected chi connectivity index (χ0v) is 10.5. The Labute approximate surface area is 109 Å². The van der Waals surface area contributed by atoms with E-state index in [1.54, 1.807) is 6.07 Å². The van der Waals surface area contributed by atoms with Crippen LogP contribution in [-0.2, 0) is 4.79 Å². The van der Waals surface area contributed by atoms with Gasteiger partial charge < -0.3 is 10.6 Å². The number of halogens is 1. The number of aromatic amines is 1. The lowest BCUT2D eigenvalue weighted by atomic mass is 10.1. The molecule has 1 aromatic heterocycles. The molecule has 0 aliphatic carbocycles. The zero-order chi connectivity index (χ0) is 13.6. The number of hydrogen-bond acceptors (Lipinski definition) is 3. The Hall–Kier alpha value is -2.37. The Morgan fingerprint density at radius 2 is 2.16 bits per heavy atom. The van der Waals surface area contributed by atoms with Gasteiger partial charge in [0.1, 0.15) is 11.9 Å². The number of anilines is 2. The van der Waals surface area contributed by atoms with Crippen molar-refractivity contribution in [3.05, 3.63) is 41.0 Å². The third-order valence-corrected chi connectivity index (χ3v) is 3.26. The van der Waals surface area contributed by atoms with Crippen molar-refractivity contribution < 1.29 is 9.18 Å². The van der Waals surface area contributed by atoms with Crippen LogP contribution in [0.4, 0.5) is 15.8 Å². The maximum Gasteiger partial charge on any atom is 0.251 e. The van der Waals surface area contributed by atoms with Gasteiger partial charge in [0, 0.05) is 11.3 Å². The van der Waals surface area contributed by atoms with Gasteiger partial charge >= 0.3 is 0 Å². The highest BCUT2D eigenvalue weighted by molar-refractivity contribution is 6.04. The molecule has 1 aliphatic heterocycles. The molecule has 1 amide bonds. The van der Waals surface area contributed by atoms with Crippen LogP contribution in [0.1, 0.15) is 23.0 Å². The minimum atomic E-state index is -0.523. The fraction of sp³-hybridized carbons (Fsp3) is 0.231. The van der Waals surface area contributed by atoms with Crippen molar-refractivity contribution >= 4 is 17.3 Å². The van der Waals surface area contributed by atoms with Crippen LogP contribution in [0.2, 0.25) is 0 Å². The third-order valence-electron chi connectivity index (χ3n) is 3.26. The molecule has 6 heteroatoms. The van der Waals surface area contributed by atoms with Gasteiger partial charge in [0.15, 0.2) is 0 Å². The van der Waals surface area contributed by atoms with E-state index in [4.69, 9.17) is 0 Å². The lowest BCUT2D eigenvalue weighted by Crippen LogP contribution is -2.20. The predicted molar refractivity (Wildman–Crippen MR) is 69.5 cm³/mol. The summed E-state index contributed by atoms with van der Waals surface area (Å²) in [6, 6.07) is 3.77. The number of nitrogens with one attached hydrogen (secondary N) is 3. The first-order chi connectivity index (χ1) is 9.06. The number of aryl methyl sites for hydroxylation is 2. The molecule has 0 saturated carbocycles. The Balaban J connectivity index is 1.97. The first-order valence-electron chi connectivity index (χ1n) is 5.94. The van der Waals surface area contributed by atoms with Crippen LogP contribution >= 0.6 is 0 Å². The van der Waals surface area contributed by atoms with Crippen molar-refractivity contribution in [3.63, 3.8) is 0 Å². The summed E-state index contributed by atoms with van der Waals surface area (Å²) in [5, 5.41) is 12.8. The molecule has 98 valence electrons. The molecular weight excluding hydrogens is 247 g/mol. The summed E-state index contributed by atoms with van der Waals surface area (Å²) in [5.41, 5.74) is 3.71.